The molecule has 0 atom stereocenters. The van der Waals surface area contributed by atoms with Crippen LogP contribution < -0.4 is 0 Å². The topological polar surface area (TPSA) is 54.5 Å². The highest BCUT2D eigenvalue weighted by Crippen LogP contribution is 2.11. The molecule has 70 valence electrons. The molecule has 0 aliphatic rings. The second kappa shape index (κ2) is 3.60. The van der Waals surface area contributed by atoms with Gasteiger partial charge in [0.2, 0.25) is 5.82 Å². The fraction of sp³-hybridized carbons (Fsp3) is 0.222. The molecule has 0 unspecified atom stereocenters. The summed E-state index contributed by atoms with van der Waals surface area (Å²) in [5.41, 5.74) is 1.02. The van der Waals surface area contributed by atoms with Crippen LogP contribution in [0.5, 0.6) is 0 Å². The van der Waals surface area contributed by atoms with Crippen molar-refractivity contribution in [3.8, 4) is 6.07 Å². The first-order chi connectivity index (χ1) is 6.79. The second-order valence-corrected chi connectivity index (χ2v) is 3.82. The van der Waals surface area contributed by atoms with Crippen LogP contribution >= 0.6 is 11.3 Å². The van der Waals surface area contributed by atoms with Gasteiger partial charge in [0, 0.05) is 23.5 Å². The normalized spacial score (nSPS) is 10.0. The summed E-state index contributed by atoms with van der Waals surface area (Å²) in [6.07, 6.45) is 3.41. The van der Waals surface area contributed by atoms with Gasteiger partial charge in [-0.1, -0.05) is 0 Å². The molecule has 0 saturated carbocycles. The molecule has 0 radical (unpaired) electrons. The highest BCUT2D eigenvalue weighted by molar-refractivity contribution is 7.09. The van der Waals surface area contributed by atoms with Gasteiger partial charge in [0.15, 0.2) is 0 Å². The van der Waals surface area contributed by atoms with Gasteiger partial charge in [-0.05, 0) is 6.92 Å². The Kier molecular flexibility index (Phi) is 2.29. The Labute approximate surface area is 85.5 Å². The quantitative estimate of drug-likeness (QED) is 0.746. The molecule has 0 aromatic carbocycles. The van der Waals surface area contributed by atoms with Gasteiger partial charge in [-0.25, -0.2) is 9.97 Å². The number of aryl methyl sites for hydroxylation is 1. The Morgan fingerprint density at radius 2 is 2.50 bits per heavy atom. The first-order valence-electron chi connectivity index (χ1n) is 4.12. The lowest BCUT2D eigenvalue weighted by Crippen LogP contribution is -2.00. The van der Waals surface area contributed by atoms with Crippen LogP contribution in [-0.4, -0.2) is 14.5 Å². The molecule has 4 nitrogen and oxygen atoms in total. The van der Waals surface area contributed by atoms with Crippen molar-refractivity contribution in [1.82, 2.24) is 14.5 Å². The molecule has 2 heterocycles. The molecular formula is C9H8N4S. The van der Waals surface area contributed by atoms with E-state index in [2.05, 4.69) is 9.97 Å². The fourth-order valence-electron chi connectivity index (χ4n) is 1.17. The Morgan fingerprint density at radius 1 is 1.64 bits per heavy atom. The number of imidazole rings is 1. The fourth-order valence-corrected chi connectivity index (χ4v) is 1.94. The number of hydrogen-bond donors (Lipinski definition) is 0. The third-order valence-corrected chi connectivity index (χ3v) is 2.74. The van der Waals surface area contributed by atoms with E-state index in [-0.39, 0.29) is 0 Å². The van der Waals surface area contributed by atoms with Crippen LogP contribution in [0.25, 0.3) is 0 Å². The summed E-state index contributed by atoms with van der Waals surface area (Å²) in [6.45, 7) is 2.58. The number of hydrogen-bond acceptors (Lipinski definition) is 4. The number of rotatable bonds is 2. The third kappa shape index (κ3) is 1.65. The number of thiazole rings is 1. The van der Waals surface area contributed by atoms with Crippen molar-refractivity contribution >= 4 is 11.3 Å². The molecule has 0 spiro atoms. The van der Waals surface area contributed by atoms with Crippen LogP contribution in [0.3, 0.4) is 0 Å². The summed E-state index contributed by atoms with van der Waals surface area (Å²) in [5.74, 6) is 0.429. The van der Waals surface area contributed by atoms with Gasteiger partial charge >= 0.3 is 0 Å². The highest BCUT2D eigenvalue weighted by Gasteiger charge is 2.04. The predicted octanol–water partition coefficient (Wildman–Crippen LogP) is 1.57. The first kappa shape index (κ1) is 8.91. The Morgan fingerprint density at radius 3 is 3.14 bits per heavy atom. The minimum absolute atomic E-state index is 0.429. The molecule has 0 amide bonds. The zero-order valence-corrected chi connectivity index (χ0v) is 8.45. The van der Waals surface area contributed by atoms with E-state index in [1.807, 2.05) is 18.4 Å². The molecule has 5 heteroatoms. The van der Waals surface area contributed by atoms with E-state index < -0.39 is 0 Å². The predicted molar refractivity (Wildman–Crippen MR) is 52.9 cm³/mol. The molecule has 0 saturated heterocycles. The minimum atomic E-state index is 0.429. The minimum Gasteiger partial charge on any atom is -0.316 e. The van der Waals surface area contributed by atoms with Gasteiger partial charge in [0.05, 0.1) is 6.54 Å². The molecule has 0 aliphatic heterocycles. The van der Waals surface area contributed by atoms with E-state index in [1.165, 1.54) is 0 Å². The van der Waals surface area contributed by atoms with Crippen LogP contribution in [0.15, 0.2) is 17.8 Å². The molecule has 2 aromatic rings. The van der Waals surface area contributed by atoms with Crippen molar-refractivity contribution < 1.29 is 0 Å². The van der Waals surface area contributed by atoms with Gasteiger partial charge in [-0.15, -0.1) is 11.3 Å². The summed E-state index contributed by atoms with van der Waals surface area (Å²) in [4.78, 5) is 8.24. The van der Waals surface area contributed by atoms with Crippen LogP contribution in [0.2, 0.25) is 0 Å². The zero-order valence-electron chi connectivity index (χ0n) is 7.64. The van der Waals surface area contributed by atoms with E-state index in [4.69, 9.17) is 5.26 Å². The number of nitriles is 1. The maximum atomic E-state index is 8.74. The van der Waals surface area contributed by atoms with Crippen molar-refractivity contribution in [3.05, 3.63) is 34.3 Å². The lowest BCUT2D eigenvalue weighted by atomic mass is 10.5. The lowest BCUT2D eigenvalue weighted by Gasteiger charge is -1.98. The van der Waals surface area contributed by atoms with Crippen molar-refractivity contribution in [1.29, 1.82) is 5.26 Å². The Balaban J connectivity index is 2.23. The van der Waals surface area contributed by atoms with Gasteiger partial charge in [0.25, 0.3) is 0 Å². The number of nitrogens with zero attached hydrogens (tertiary/aromatic N) is 4. The average molecular weight is 204 g/mol. The monoisotopic (exact) mass is 204 g/mol. The third-order valence-electron chi connectivity index (χ3n) is 1.79. The smallest absolute Gasteiger partial charge is 0.213 e. The molecule has 0 aliphatic carbocycles. The van der Waals surface area contributed by atoms with Gasteiger partial charge in [-0.2, -0.15) is 5.26 Å². The summed E-state index contributed by atoms with van der Waals surface area (Å²) < 4.78 is 1.79. The summed E-state index contributed by atoms with van der Waals surface area (Å²) >= 11 is 1.60. The van der Waals surface area contributed by atoms with Crippen molar-refractivity contribution in [2.75, 3.05) is 0 Å². The van der Waals surface area contributed by atoms with E-state index in [0.717, 1.165) is 10.7 Å². The van der Waals surface area contributed by atoms with Crippen LogP contribution in [0, 0.1) is 18.3 Å². The first-order valence-corrected chi connectivity index (χ1v) is 5.00. The maximum absolute atomic E-state index is 8.74. The van der Waals surface area contributed by atoms with Gasteiger partial charge in [0.1, 0.15) is 11.1 Å². The molecule has 14 heavy (non-hydrogen) atoms. The van der Waals surface area contributed by atoms with E-state index in [0.29, 0.717) is 12.4 Å². The molecular weight excluding hydrogens is 196 g/mol. The molecule has 2 rings (SSSR count). The summed E-state index contributed by atoms with van der Waals surface area (Å²) in [6, 6.07) is 2.03. The van der Waals surface area contributed by atoms with E-state index >= 15 is 0 Å². The Hall–Kier alpha value is -1.67. The summed E-state index contributed by atoms with van der Waals surface area (Å²) in [5, 5.41) is 11.7. The second-order valence-electron chi connectivity index (χ2n) is 2.87. The maximum Gasteiger partial charge on any atom is 0.213 e. The molecule has 2 aromatic heterocycles. The SMILES string of the molecule is Cc1csc(Cn2ccnc2C#N)n1. The van der Waals surface area contributed by atoms with Crippen LogP contribution in [0.1, 0.15) is 16.5 Å². The Bertz CT molecular complexity index is 477. The van der Waals surface area contributed by atoms with Gasteiger partial charge in [-0.3, -0.25) is 0 Å². The standard InChI is InChI=1S/C9H8N4S/c1-7-6-14-9(12-7)5-13-3-2-11-8(13)4-10/h2-3,6H,5H2,1H3. The van der Waals surface area contributed by atoms with Gasteiger partial charge < -0.3 is 4.57 Å². The lowest BCUT2D eigenvalue weighted by molar-refractivity contribution is 0.774. The van der Waals surface area contributed by atoms with Crippen molar-refractivity contribution in [2.45, 2.75) is 13.5 Å². The highest BCUT2D eigenvalue weighted by atomic mass is 32.1. The molecule has 0 bridgehead atoms. The van der Waals surface area contributed by atoms with Crippen molar-refractivity contribution in [3.63, 3.8) is 0 Å². The summed E-state index contributed by atoms with van der Waals surface area (Å²) in [7, 11) is 0. The number of aromatic nitrogens is 3. The van der Waals surface area contributed by atoms with Crippen LogP contribution in [-0.2, 0) is 6.54 Å². The van der Waals surface area contributed by atoms with E-state index in [9.17, 15) is 0 Å². The van der Waals surface area contributed by atoms with E-state index in [1.54, 1.807) is 28.3 Å². The largest absolute Gasteiger partial charge is 0.316 e. The average Bonchev–Trinajstić information content (AvgIpc) is 2.76. The van der Waals surface area contributed by atoms with Crippen LogP contribution in [0.4, 0.5) is 0 Å². The molecule has 0 N–H and O–H groups in total. The zero-order chi connectivity index (χ0) is 9.97. The molecule has 0 fully saturated rings. The van der Waals surface area contributed by atoms with Crippen molar-refractivity contribution in [2.24, 2.45) is 0 Å².